The Bertz CT molecular complexity index is 447. The molecule has 2 rings (SSSR count). The lowest BCUT2D eigenvalue weighted by atomic mass is 10.3. The quantitative estimate of drug-likeness (QED) is 0.555. The Hall–Kier alpha value is -1.16. The summed E-state index contributed by atoms with van der Waals surface area (Å²) in [5, 5.41) is 1.01. The van der Waals surface area contributed by atoms with Crippen LogP contribution in [-0.4, -0.2) is 15.8 Å². The average Bonchev–Trinajstić information content (AvgIpc) is 2.44. The fraction of sp³-hybridized carbons (Fsp3) is 0.222. The van der Waals surface area contributed by atoms with Gasteiger partial charge in [-0.15, -0.1) is 0 Å². The Morgan fingerprint density at radius 3 is 2.92 bits per heavy atom. The van der Waals surface area contributed by atoms with Crippen molar-refractivity contribution in [2.24, 2.45) is 7.05 Å². The van der Waals surface area contributed by atoms with Gasteiger partial charge in [-0.1, -0.05) is 11.8 Å². The number of benzene rings is 1. The van der Waals surface area contributed by atoms with Gasteiger partial charge in [-0.25, -0.2) is 4.98 Å². The van der Waals surface area contributed by atoms with Crippen LogP contribution in [0.1, 0.15) is 0 Å². The molecule has 0 unspecified atom stereocenters. The number of imidazole rings is 1. The summed E-state index contributed by atoms with van der Waals surface area (Å²) in [5.41, 5.74) is 8.56. The van der Waals surface area contributed by atoms with E-state index in [1.165, 1.54) is 0 Å². The number of rotatable bonds is 1. The van der Waals surface area contributed by atoms with Crippen LogP contribution in [0.2, 0.25) is 0 Å². The molecule has 2 N–H and O–H groups in total. The van der Waals surface area contributed by atoms with E-state index in [4.69, 9.17) is 5.73 Å². The lowest BCUT2D eigenvalue weighted by Crippen LogP contribution is -1.90. The van der Waals surface area contributed by atoms with E-state index in [1.807, 2.05) is 31.5 Å². The number of fused-ring (bicyclic) bond motifs is 1. The van der Waals surface area contributed by atoms with Crippen LogP contribution in [0, 0.1) is 0 Å². The molecule has 0 amide bonds. The van der Waals surface area contributed by atoms with Crippen molar-refractivity contribution in [1.29, 1.82) is 0 Å². The molecule has 0 spiro atoms. The molecule has 0 atom stereocenters. The Balaban J connectivity index is 2.77. The van der Waals surface area contributed by atoms with Crippen LogP contribution < -0.4 is 5.73 Å². The minimum absolute atomic E-state index is 0.781. The number of aromatic nitrogens is 2. The van der Waals surface area contributed by atoms with E-state index >= 15 is 0 Å². The zero-order chi connectivity index (χ0) is 9.42. The van der Waals surface area contributed by atoms with Gasteiger partial charge in [0.2, 0.25) is 0 Å². The molecule has 0 aliphatic heterocycles. The molecule has 1 aromatic carbocycles. The lowest BCUT2D eigenvalue weighted by Gasteiger charge is -1.97. The summed E-state index contributed by atoms with van der Waals surface area (Å²) in [6.45, 7) is 0. The van der Waals surface area contributed by atoms with Gasteiger partial charge < -0.3 is 10.3 Å². The zero-order valence-electron chi connectivity index (χ0n) is 7.61. The topological polar surface area (TPSA) is 43.8 Å². The summed E-state index contributed by atoms with van der Waals surface area (Å²) in [4.78, 5) is 4.44. The van der Waals surface area contributed by atoms with Crippen molar-refractivity contribution in [3.63, 3.8) is 0 Å². The third-order valence-corrected chi connectivity index (χ3v) is 2.78. The number of aryl methyl sites for hydroxylation is 1. The lowest BCUT2D eigenvalue weighted by molar-refractivity contribution is 0.817. The minimum atomic E-state index is 0.781. The van der Waals surface area contributed by atoms with E-state index in [-0.39, 0.29) is 0 Å². The Kier molecular flexibility index (Phi) is 1.92. The largest absolute Gasteiger partial charge is 0.399 e. The highest BCUT2D eigenvalue weighted by Crippen LogP contribution is 2.22. The molecular weight excluding hydrogens is 182 g/mol. The molecule has 1 aromatic heterocycles. The predicted octanol–water partition coefficient (Wildman–Crippen LogP) is 1.88. The summed E-state index contributed by atoms with van der Waals surface area (Å²) in [5.74, 6) is 0. The SMILES string of the molecule is CSc1nc2ccc(N)cc2n1C. The van der Waals surface area contributed by atoms with Crippen molar-refractivity contribution in [3.05, 3.63) is 18.2 Å². The first-order chi connectivity index (χ1) is 6.22. The molecule has 2 aromatic rings. The first-order valence-electron chi connectivity index (χ1n) is 3.98. The third-order valence-electron chi connectivity index (χ3n) is 2.05. The van der Waals surface area contributed by atoms with Gasteiger partial charge in [0.25, 0.3) is 0 Å². The number of thioether (sulfide) groups is 1. The predicted molar refractivity (Wildman–Crippen MR) is 56.9 cm³/mol. The summed E-state index contributed by atoms with van der Waals surface area (Å²) in [6, 6.07) is 5.77. The van der Waals surface area contributed by atoms with Gasteiger partial charge in [0.1, 0.15) is 0 Å². The minimum Gasteiger partial charge on any atom is -0.399 e. The molecule has 0 fully saturated rings. The first-order valence-corrected chi connectivity index (χ1v) is 5.21. The molecule has 0 aliphatic rings. The highest BCUT2D eigenvalue weighted by molar-refractivity contribution is 7.98. The van der Waals surface area contributed by atoms with Crippen LogP contribution in [0.15, 0.2) is 23.4 Å². The van der Waals surface area contributed by atoms with E-state index in [2.05, 4.69) is 9.55 Å². The van der Waals surface area contributed by atoms with Gasteiger partial charge in [-0.3, -0.25) is 0 Å². The molecule has 1 heterocycles. The van der Waals surface area contributed by atoms with Crippen LogP contribution in [0.3, 0.4) is 0 Å². The molecule has 3 nitrogen and oxygen atoms in total. The van der Waals surface area contributed by atoms with Gasteiger partial charge in [-0.2, -0.15) is 0 Å². The fourth-order valence-corrected chi connectivity index (χ4v) is 1.93. The standard InChI is InChI=1S/C9H11N3S/c1-12-8-5-6(10)3-4-7(8)11-9(12)13-2/h3-5H,10H2,1-2H3. The Morgan fingerprint density at radius 1 is 1.46 bits per heavy atom. The number of hydrogen-bond acceptors (Lipinski definition) is 3. The maximum Gasteiger partial charge on any atom is 0.168 e. The van der Waals surface area contributed by atoms with Crippen LogP contribution in [-0.2, 0) is 7.05 Å². The molecule has 13 heavy (non-hydrogen) atoms. The maximum absolute atomic E-state index is 5.70. The van der Waals surface area contributed by atoms with Crippen molar-refractivity contribution in [2.45, 2.75) is 5.16 Å². The summed E-state index contributed by atoms with van der Waals surface area (Å²) < 4.78 is 2.05. The van der Waals surface area contributed by atoms with Gasteiger partial charge >= 0.3 is 0 Å². The third kappa shape index (κ3) is 1.27. The van der Waals surface area contributed by atoms with Gasteiger partial charge in [-0.05, 0) is 24.5 Å². The maximum atomic E-state index is 5.70. The second-order valence-electron chi connectivity index (χ2n) is 2.91. The van der Waals surface area contributed by atoms with Crippen molar-refractivity contribution in [1.82, 2.24) is 9.55 Å². The van der Waals surface area contributed by atoms with Gasteiger partial charge in [0, 0.05) is 12.7 Å². The van der Waals surface area contributed by atoms with Crippen LogP contribution in [0.4, 0.5) is 5.69 Å². The van der Waals surface area contributed by atoms with Crippen molar-refractivity contribution < 1.29 is 0 Å². The number of nitrogens with zero attached hydrogens (tertiary/aromatic N) is 2. The second-order valence-corrected chi connectivity index (χ2v) is 3.68. The monoisotopic (exact) mass is 193 g/mol. The van der Waals surface area contributed by atoms with Crippen molar-refractivity contribution in [2.75, 3.05) is 12.0 Å². The first kappa shape index (κ1) is 8.44. The van der Waals surface area contributed by atoms with Crippen LogP contribution in [0.25, 0.3) is 11.0 Å². The number of nitrogens with two attached hydrogens (primary N) is 1. The molecule has 4 heteroatoms. The summed E-state index contributed by atoms with van der Waals surface area (Å²) >= 11 is 1.64. The molecule has 68 valence electrons. The molecule has 0 saturated heterocycles. The van der Waals surface area contributed by atoms with Crippen LogP contribution in [0.5, 0.6) is 0 Å². The van der Waals surface area contributed by atoms with Crippen molar-refractivity contribution in [3.8, 4) is 0 Å². The number of hydrogen-bond donors (Lipinski definition) is 1. The highest BCUT2D eigenvalue weighted by Gasteiger charge is 2.05. The number of nitrogen functional groups attached to an aromatic ring is 1. The van der Waals surface area contributed by atoms with E-state index < -0.39 is 0 Å². The number of anilines is 1. The van der Waals surface area contributed by atoms with E-state index in [9.17, 15) is 0 Å². The molecular formula is C9H11N3S. The normalized spacial score (nSPS) is 10.9. The fourth-order valence-electron chi connectivity index (χ4n) is 1.37. The Labute approximate surface area is 80.9 Å². The highest BCUT2D eigenvalue weighted by atomic mass is 32.2. The van der Waals surface area contributed by atoms with E-state index in [0.717, 1.165) is 21.9 Å². The smallest absolute Gasteiger partial charge is 0.168 e. The average molecular weight is 193 g/mol. The van der Waals surface area contributed by atoms with Gasteiger partial charge in [0.05, 0.1) is 11.0 Å². The molecule has 0 radical (unpaired) electrons. The summed E-state index contributed by atoms with van der Waals surface area (Å²) in [7, 11) is 2.00. The molecule has 0 saturated carbocycles. The van der Waals surface area contributed by atoms with Crippen LogP contribution >= 0.6 is 11.8 Å². The zero-order valence-corrected chi connectivity index (χ0v) is 8.43. The molecule has 0 bridgehead atoms. The van der Waals surface area contributed by atoms with E-state index in [1.54, 1.807) is 11.8 Å². The second kappa shape index (κ2) is 2.96. The summed E-state index contributed by atoms with van der Waals surface area (Å²) in [6.07, 6.45) is 2.02. The van der Waals surface area contributed by atoms with E-state index in [0.29, 0.717) is 0 Å². The van der Waals surface area contributed by atoms with Gasteiger partial charge in [0.15, 0.2) is 5.16 Å². The Morgan fingerprint density at radius 2 is 2.23 bits per heavy atom. The molecule has 0 aliphatic carbocycles. The van der Waals surface area contributed by atoms with Crippen molar-refractivity contribution >= 4 is 28.5 Å².